The molecule has 0 aromatic rings. The second kappa shape index (κ2) is 7.30. The van der Waals surface area contributed by atoms with E-state index in [-0.39, 0.29) is 6.10 Å². The van der Waals surface area contributed by atoms with Gasteiger partial charge in [0.25, 0.3) is 10.3 Å². The monoisotopic (exact) mass is 274 g/mol. The van der Waals surface area contributed by atoms with Crippen LogP contribution in [0.2, 0.25) is 0 Å². The van der Waals surface area contributed by atoms with Crippen LogP contribution in [0.4, 0.5) is 0 Å². The van der Waals surface area contributed by atoms with E-state index in [2.05, 4.69) is 5.92 Å². The maximum Gasteiger partial charge on any atom is 0.260 e. The van der Waals surface area contributed by atoms with Gasteiger partial charge in [0.1, 0.15) is 6.10 Å². The summed E-state index contributed by atoms with van der Waals surface area (Å²) in [4.78, 5) is 3.35. The Bertz CT molecular complexity index is 324. The van der Waals surface area contributed by atoms with Gasteiger partial charge < -0.3 is 19.3 Å². The van der Waals surface area contributed by atoms with Crippen LogP contribution in [0.1, 0.15) is 6.92 Å². The zero-order chi connectivity index (χ0) is 13.6. The number of hydrogen-bond donors (Lipinski definition) is 0. The molecule has 0 aliphatic carbocycles. The molecule has 2 atom stereocenters. The molecule has 0 rings (SSSR count). The average molecular weight is 274 g/mol. The molecule has 0 radical (unpaired) electrons. The molecule has 0 aliphatic heterocycles. The van der Waals surface area contributed by atoms with Crippen LogP contribution in [0, 0.1) is 12.3 Å². The molecule has 0 N–H and O–H groups in total. The van der Waals surface area contributed by atoms with E-state index in [4.69, 9.17) is 40.3 Å². The molecule has 0 amide bonds. The van der Waals surface area contributed by atoms with Gasteiger partial charge in [-0.1, -0.05) is 5.92 Å². The summed E-state index contributed by atoms with van der Waals surface area (Å²) in [5, 5.41) is 0.677. The maximum absolute atomic E-state index is 5.46. The SMILES string of the molecule is C#C[C@H](OC(=S)N(C)C)[C@@H](C)OC(=S)N(C)C. The second-order valence-electron chi connectivity index (χ2n) is 3.85. The Morgan fingerprint density at radius 2 is 1.47 bits per heavy atom. The van der Waals surface area contributed by atoms with Crippen molar-refractivity contribution in [1.82, 2.24) is 9.80 Å². The van der Waals surface area contributed by atoms with Gasteiger partial charge in [-0.3, -0.25) is 0 Å². The van der Waals surface area contributed by atoms with Crippen molar-refractivity contribution in [2.24, 2.45) is 0 Å². The number of ether oxygens (including phenoxy) is 2. The smallest absolute Gasteiger partial charge is 0.260 e. The summed E-state index contributed by atoms with van der Waals surface area (Å²) in [5.74, 6) is 2.49. The standard InChI is InChI=1S/C11H18N2O2S2/c1-7-9(15-11(17)13(5)6)8(2)14-10(16)12(3)4/h1,8-9H,2-6H3/t8-,9+/m1/s1. The zero-order valence-electron chi connectivity index (χ0n) is 10.8. The second-order valence-corrected chi connectivity index (χ2v) is 4.55. The van der Waals surface area contributed by atoms with Crippen molar-refractivity contribution in [3.63, 3.8) is 0 Å². The van der Waals surface area contributed by atoms with Gasteiger partial charge in [0, 0.05) is 28.2 Å². The molecular formula is C11H18N2O2S2. The molecule has 0 heterocycles. The quantitative estimate of drug-likeness (QED) is 0.565. The Morgan fingerprint density at radius 3 is 1.82 bits per heavy atom. The summed E-state index contributed by atoms with van der Waals surface area (Å²) < 4.78 is 10.9. The highest BCUT2D eigenvalue weighted by Crippen LogP contribution is 2.07. The summed E-state index contributed by atoms with van der Waals surface area (Å²) >= 11 is 10.0. The topological polar surface area (TPSA) is 24.9 Å². The molecule has 0 bridgehead atoms. The van der Waals surface area contributed by atoms with Crippen LogP contribution in [-0.2, 0) is 9.47 Å². The van der Waals surface area contributed by atoms with E-state index in [0.29, 0.717) is 10.3 Å². The van der Waals surface area contributed by atoms with Gasteiger partial charge in [-0.15, -0.1) is 6.42 Å². The van der Waals surface area contributed by atoms with Gasteiger partial charge in [0.15, 0.2) is 6.10 Å². The number of nitrogens with zero attached hydrogens (tertiary/aromatic N) is 2. The van der Waals surface area contributed by atoms with Gasteiger partial charge in [0.05, 0.1) is 0 Å². The minimum atomic E-state index is -0.567. The van der Waals surface area contributed by atoms with Crippen molar-refractivity contribution in [1.29, 1.82) is 0 Å². The van der Waals surface area contributed by atoms with E-state index in [0.717, 1.165) is 0 Å². The van der Waals surface area contributed by atoms with Crippen molar-refractivity contribution in [3.05, 3.63) is 0 Å². The molecule has 0 fully saturated rings. The molecule has 0 saturated carbocycles. The molecule has 0 aliphatic rings. The van der Waals surface area contributed by atoms with E-state index in [1.165, 1.54) is 0 Å². The first kappa shape index (κ1) is 15.9. The normalized spacial score (nSPS) is 12.9. The molecule has 0 aromatic carbocycles. The van der Waals surface area contributed by atoms with Crippen molar-refractivity contribution < 1.29 is 9.47 Å². The minimum absolute atomic E-state index is 0.319. The van der Waals surface area contributed by atoms with Crippen molar-refractivity contribution in [2.45, 2.75) is 19.1 Å². The average Bonchev–Trinajstić information content (AvgIpc) is 2.24. The summed E-state index contributed by atoms with van der Waals surface area (Å²) in [6.07, 6.45) is 4.45. The summed E-state index contributed by atoms with van der Waals surface area (Å²) in [5.41, 5.74) is 0. The van der Waals surface area contributed by atoms with E-state index in [9.17, 15) is 0 Å². The van der Waals surface area contributed by atoms with E-state index >= 15 is 0 Å². The molecule has 4 nitrogen and oxygen atoms in total. The van der Waals surface area contributed by atoms with Crippen molar-refractivity contribution >= 4 is 34.8 Å². The Hall–Kier alpha value is -1.06. The number of rotatable bonds is 3. The lowest BCUT2D eigenvalue weighted by molar-refractivity contribution is 0.0708. The Morgan fingerprint density at radius 1 is 1.06 bits per heavy atom. The number of terminal acetylenes is 1. The van der Waals surface area contributed by atoms with Crippen LogP contribution in [0.25, 0.3) is 0 Å². The molecule has 17 heavy (non-hydrogen) atoms. The lowest BCUT2D eigenvalue weighted by atomic mass is 10.2. The maximum atomic E-state index is 5.46. The van der Waals surface area contributed by atoms with E-state index in [1.807, 2.05) is 0 Å². The highest BCUT2D eigenvalue weighted by Gasteiger charge is 2.21. The van der Waals surface area contributed by atoms with Crippen LogP contribution in [-0.4, -0.2) is 60.5 Å². The summed E-state index contributed by atoms with van der Waals surface area (Å²) in [7, 11) is 7.16. The van der Waals surface area contributed by atoms with Gasteiger partial charge >= 0.3 is 0 Å². The highest BCUT2D eigenvalue weighted by atomic mass is 32.1. The van der Waals surface area contributed by atoms with Gasteiger partial charge in [-0.25, -0.2) is 0 Å². The Labute approximate surface area is 114 Å². The third-order valence-corrected chi connectivity index (χ3v) is 2.76. The fourth-order valence-electron chi connectivity index (χ4n) is 0.806. The molecular weight excluding hydrogens is 256 g/mol. The predicted molar refractivity (Wildman–Crippen MR) is 76.8 cm³/mol. The van der Waals surface area contributed by atoms with Gasteiger partial charge in [-0.2, -0.15) is 0 Å². The molecule has 0 saturated heterocycles. The van der Waals surface area contributed by atoms with E-state index < -0.39 is 6.10 Å². The van der Waals surface area contributed by atoms with Crippen LogP contribution >= 0.6 is 24.4 Å². The fourth-order valence-corrected chi connectivity index (χ4v) is 1.06. The molecule has 0 unspecified atom stereocenters. The van der Waals surface area contributed by atoms with Crippen molar-refractivity contribution in [2.75, 3.05) is 28.2 Å². The highest BCUT2D eigenvalue weighted by molar-refractivity contribution is 7.80. The third kappa shape index (κ3) is 5.71. The molecule has 6 heteroatoms. The van der Waals surface area contributed by atoms with Crippen LogP contribution in [0.5, 0.6) is 0 Å². The van der Waals surface area contributed by atoms with Crippen LogP contribution < -0.4 is 0 Å². The lowest BCUT2D eigenvalue weighted by Crippen LogP contribution is -2.37. The first-order chi connectivity index (χ1) is 7.79. The van der Waals surface area contributed by atoms with E-state index in [1.54, 1.807) is 44.9 Å². The largest absolute Gasteiger partial charge is 0.463 e. The fraction of sp³-hybridized carbons (Fsp3) is 0.636. The molecule has 0 aromatic heterocycles. The minimum Gasteiger partial charge on any atom is -0.463 e. The summed E-state index contributed by atoms with van der Waals surface area (Å²) in [6.45, 7) is 1.79. The lowest BCUT2D eigenvalue weighted by Gasteiger charge is -2.25. The first-order valence-corrected chi connectivity index (χ1v) is 5.83. The third-order valence-electron chi connectivity index (χ3n) is 1.84. The molecule has 0 spiro atoms. The Kier molecular flexibility index (Phi) is 6.85. The van der Waals surface area contributed by atoms with Crippen LogP contribution in [0.15, 0.2) is 0 Å². The van der Waals surface area contributed by atoms with Crippen LogP contribution in [0.3, 0.4) is 0 Å². The predicted octanol–water partition coefficient (Wildman–Crippen LogP) is 1.10. The molecule has 96 valence electrons. The Balaban J connectivity index is 4.42. The first-order valence-electron chi connectivity index (χ1n) is 5.01. The van der Waals surface area contributed by atoms with Gasteiger partial charge in [0.2, 0.25) is 0 Å². The van der Waals surface area contributed by atoms with Gasteiger partial charge in [-0.05, 0) is 31.4 Å². The number of hydrogen-bond acceptors (Lipinski definition) is 4. The number of thiocarbonyl (C=S) groups is 2. The van der Waals surface area contributed by atoms with Crippen molar-refractivity contribution in [3.8, 4) is 12.3 Å². The zero-order valence-corrected chi connectivity index (χ0v) is 12.4. The summed E-state index contributed by atoms with van der Waals surface area (Å²) in [6, 6.07) is 0.